The van der Waals surface area contributed by atoms with Gasteiger partial charge in [0.2, 0.25) is 0 Å². The fourth-order valence-electron chi connectivity index (χ4n) is 0.854. The summed E-state index contributed by atoms with van der Waals surface area (Å²) >= 11 is 0. The topological polar surface area (TPSA) is 80.9 Å². The van der Waals surface area contributed by atoms with Gasteiger partial charge >= 0.3 is 5.69 Å². The highest BCUT2D eigenvalue weighted by molar-refractivity contribution is 5.25. The van der Waals surface area contributed by atoms with Gasteiger partial charge in [-0.05, 0) is 0 Å². The molecule has 0 amide bonds. The van der Waals surface area contributed by atoms with Crippen molar-refractivity contribution in [2.75, 3.05) is 12.4 Å². The average molecular weight is 173 g/mol. The molecule has 1 rings (SSSR count). The van der Waals surface area contributed by atoms with E-state index in [1.165, 1.54) is 0 Å². The first-order valence-corrected chi connectivity index (χ1v) is 3.30. The largest absolute Gasteiger partial charge is 0.385 e. The number of halogens is 1. The second kappa shape index (κ2) is 3.21. The number of nitrogens with zero attached hydrogens (tertiary/aromatic N) is 1. The van der Waals surface area contributed by atoms with Crippen LogP contribution in [-0.4, -0.2) is 16.2 Å². The summed E-state index contributed by atoms with van der Waals surface area (Å²) in [7, 11) is 0. The molecule has 0 bridgehead atoms. The molecule has 0 aliphatic carbocycles. The van der Waals surface area contributed by atoms with E-state index < -0.39 is 17.9 Å². The first kappa shape index (κ1) is 8.51. The first-order chi connectivity index (χ1) is 5.65. The lowest BCUT2D eigenvalue weighted by molar-refractivity contribution is 0.439. The van der Waals surface area contributed by atoms with Crippen molar-refractivity contribution >= 4 is 5.82 Å². The maximum atomic E-state index is 11.8. The summed E-state index contributed by atoms with van der Waals surface area (Å²) in [4.78, 5) is 23.5. The van der Waals surface area contributed by atoms with E-state index in [2.05, 4.69) is 0 Å². The summed E-state index contributed by atoms with van der Waals surface area (Å²) in [6.45, 7) is -0.836. The van der Waals surface area contributed by atoms with E-state index >= 15 is 0 Å². The summed E-state index contributed by atoms with van der Waals surface area (Å²) in [6.07, 6.45) is 0. The van der Waals surface area contributed by atoms with Crippen molar-refractivity contribution in [3.63, 3.8) is 0 Å². The van der Waals surface area contributed by atoms with E-state index in [4.69, 9.17) is 5.73 Å². The van der Waals surface area contributed by atoms with Crippen molar-refractivity contribution in [3.05, 3.63) is 26.9 Å². The molecule has 0 aliphatic rings. The number of rotatable bonds is 2. The smallest absolute Gasteiger partial charge is 0.329 e. The van der Waals surface area contributed by atoms with Crippen molar-refractivity contribution in [2.45, 2.75) is 6.54 Å². The number of nitrogen functional groups attached to an aromatic ring is 1. The number of aromatic nitrogens is 2. The number of anilines is 1. The molecule has 0 fully saturated rings. The molecule has 0 saturated carbocycles. The molecule has 5 nitrogen and oxygen atoms in total. The van der Waals surface area contributed by atoms with Gasteiger partial charge < -0.3 is 5.73 Å². The molecule has 0 atom stereocenters. The summed E-state index contributed by atoms with van der Waals surface area (Å²) in [6, 6.07) is 1.04. The van der Waals surface area contributed by atoms with Crippen molar-refractivity contribution in [1.29, 1.82) is 0 Å². The third-order valence-electron chi connectivity index (χ3n) is 1.37. The van der Waals surface area contributed by atoms with Crippen molar-refractivity contribution in [1.82, 2.24) is 9.55 Å². The van der Waals surface area contributed by atoms with E-state index in [1.807, 2.05) is 4.98 Å². The van der Waals surface area contributed by atoms with Crippen LogP contribution in [0.5, 0.6) is 0 Å². The highest BCUT2D eigenvalue weighted by Crippen LogP contribution is 1.91. The highest BCUT2D eigenvalue weighted by Gasteiger charge is 2.00. The Balaban J connectivity index is 3.29. The van der Waals surface area contributed by atoms with Crippen LogP contribution in [0, 0.1) is 0 Å². The van der Waals surface area contributed by atoms with Gasteiger partial charge in [-0.15, -0.1) is 0 Å². The first-order valence-electron chi connectivity index (χ1n) is 3.30. The number of H-pyrrole nitrogens is 1. The van der Waals surface area contributed by atoms with Crippen LogP contribution in [0.15, 0.2) is 15.7 Å². The molecule has 1 aromatic rings. The lowest BCUT2D eigenvalue weighted by atomic mass is 10.5. The van der Waals surface area contributed by atoms with Crippen LogP contribution in [0.1, 0.15) is 0 Å². The second-order valence-electron chi connectivity index (χ2n) is 2.20. The van der Waals surface area contributed by atoms with Crippen LogP contribution < -0.4 is 17.0 Å². The molecule has 66 valence electrons. The number of hydrogen-bond donors (Lipinski definition) is 2. The van der Waals surface area contributed by atoms with E-state index in [1.54, 1.807) is 0 Å². The third-order valence-corrected chi connectivity index (χ3v) is 1.37. The maximum absolute atomic E-state index is 11.8. The fourth-order valence-corrected chi connectivity index (χ4v) is 0.854. The Morgan fingerprint density at radius 1 is 1.58 bits per heavy atom. The zero-order valence-electron chi connectivity index (χ0n) is 6.21. The van der Waals surface area contributed by atoms with E-state index in [0.29, 0.717) is 0 Å². The molecule has 12 heavy (non-hydrogen) atoms. The van der Waals surface area contributed by atoms with Crippen LogP contribution in [0.25, 0.3) is 0 Å². The number of alkyl halides is 1. The van der Waals surface area contributed by atoms with E-state index in [9.17, 15) is 14.0 Å². The molecule has 1 heterocycles. The summed E-state index contributed by atoms with van der Waals surface area (Å²) in [5.74, 6) is -0.0265. The second-order valence-corrected chi connectivity index (χ2v) is 2.20. The van der Waals surface area contributed by atoms with E-state index in [0.717, 1.165) is 10.6 Å². The Bertz CT molecular complexity index is 381. The van der Waals surface area contributed by atoms with Gasteiger partial charge in [0, 0.05) is 6.07 Å². The summed E-state index contributed by atoms with van der Waals surface area (Å²) in [5.41, 5.74) is 4.03. The molecule has 6 heteroatoms. The SMILES string of the molecule is Nc1cc(=O)[nH]c(=O)n1CCF. The Kier molecular flexibility index (Phi) is 2.27. The molecule has 0 spiro atoms. The molecule has 0 unspecified atom stereocenters. The lowest BCUT2D eigenvalue weighted by Gasteiger charge is -2.03. The molecular formula is C6H8FN3O2. The molecule has 1 aromatic heterocycles. The molecule has 0 saturated heterocycles. The van der Waals surface area contributed by atoms with E-state index in [-0.39, 0.29) is 12.4 Å². The highest BCUT2D eigenvalue weighted by atomic mass is 19.1. The van der Waals surface area contributed by atoms with Crippen LogP contribution in [0.3, 0.4) is 0 Å². The van der Waals surface area contributed by atoms with Gasteiger partial charge in [-0.1, -0.05) is 0 Å². The molecule has 0 aromatic carbocycles. The Morgan fingerprint density at radius 2 is 2.25 bits per heavy atom. The molecular weight excluding hydrogens is 165 g/mol. The van der Waals surface area contributed by atoms with Gasteiger partial charge in [0.15, 0.2) is 0 Å². The van der Waals surface area contributed by atoms with Crippen LogP contribution >= 0.6 is 0 Å². The minimum atomic E-state index is -0.698. The zero-order chi connectivity index (χ0) is 9.14. The minimum Gasteiger partial charge on any atom is -0.385 e. The van der Waals surface area contributed by atoms with Gasteiger partial charge in [-0.25, -0.2) is 9.18 Å². The normalized spacial score (nSPS) is 10.1. The maximum Gasteiger partial charge on any atom is 0.329 e. The van der Waals surface area contributed by atoms with Gasteiger partial charge in [-0.2, -0.15) is 0 Å². The van der Waals surface area contributed by atoms with Gasteiger partial charge in [0.1, 0.15) is 12.5 Å². The fraction of sp³-hybridized carbons (Fsp3) is 0.333. The Labute approximate surface area is 66.6 Å². The summed E-state index contributed by atoms with van der Waals surface area (Å²) < 4.78 is 12.8. The van der Waals surface area contributed by atoms with Crippen molar-refractivity contribution < 1.29 is 4.39 Å². The molecule has 0 radical (unpaired) electrons. The zero-order valence-corrected chi connectivity index (χ0v) is 6.21. The predicted octanol–water partition coefficient (Wildman–Crippen LogP) is -0.912. The quantitative estimate of drug-likeness (QED) is 0.607. The van der Waals surface area contributed by atoms with Crippen molar-refractivity contribution in [2.24, 2.45) is 0 Å². The number of nitrogens with one attached hydrogen (secondary N) is 1. The minimum absolute atomic E-state index is 0.0265. The third kappa shape index (κ3) is 1.52. The monoisotopic (exact) mass is 173 g/mol. The standard InChI is InChI=1S/C6H8FN3O2/c7-1-2-10-4(8)3-5(11)9-6(10)12/h3H,1-2,8H2,(H,9,11,12). The summed E-state index contributed by atoms with van der Waals surface area (Å²) in [5, 5.41) is 0. The van der Waals surface area contributed by atoms with Crippen LogP contribution in [0.2, 0.25) is 0 Å². The van der Waals surface area contributed by atoms with Crippen LogP contribution in [0.4, 0.5) is 10.2 Å². The van der Waals surface area contributed by atoms with Gasteiger partial charge in [0.05, 0.1) is 6.54 Å². The molecule has 3 N–H and O–H groups in total. The van der Waals surface area contributed by atoms with Crippen molar-refractivity contribution in [3.8, 4) is 0 Å². The average Bonchev–Trinajstić information content (AvgIpc) is 1.96. The Hall–Kier alpha value is -1.59. The van der Waals surface area contributed by atoms with Gasteiger partial charge in [-0.3, -0.25) is 14.3 Å². The lowest BCUT2D eigenvalue weighted by Crippen LogP contribution is -2.31. The predicted molar refractivity (Wildman–Crippen MR) is 41.7 cm³/mol. The van der Waals surface area contributed by atoms with Crippen LogP contribution in [-0.2, 0) is 6.54 Å². The number of nitrogens with two attached hydrogens (primary N) is 1. The number of aromatic amines is 1. The molecule has 0 aliphatic heterocycles. The van der Waals surface area contributed by atoms with Gasteiger partial charge in [0.25, 0.3) is 5.56 Å². The number of hydrogen-bond acceptors (Lipinski definition) is 3. The Morgan fingerprint density at radius 3 is 2.75 bits per heavy atom.